The van der Waals surface area contributed by atoms with Crippen LogP contribution in [0.15, 0.2) is 36.5 Å². The van der Waals surface area contributed by atoms with Crippen molar-refractivity contribution in [1.29, 1.82) is 0 Å². The molecule has 0 aliphatic rings. The molecule has 0 saturated heterocycles. The third-order valence-corrected chi connectivity index (χ3v) is 2.99. The van der Waals surface area contributed by atoms with Crippen LogP contribution in [0.1, 0.15) is 5.56 Å². The molecule has 2 aromatic heterocycles. The van der Waals surface area contributed by atoms with E-state index in [-0.39, 0.29) is 5.56 Å². The summed E-state index contributed by atoms with van der Waals surface area (Å²) in [6, 6.07) is 7.05. The van der Waals surface area contributed by atoms with E-state index in [1.165, 1.54) is 12.1 Å². The average Bonchev–Trinajstić information content (AvgIpc) is 2.67. The summed E-state index contributed by atoms with van der Waals surface area (Å²) in [5.41, 5.74) is 8.15. The molecule has 0 fully saturated rings. The van der Waals surface area contributed by atoms with Gasteiger partial charge in [-0.3, -0.25) is 4.40 Å². The summed E-state index contributed by atoms with van der Waals surface area (Å²) in [6.07, 6.45) is 1.82. The number of imidazole rings is 1. The highest BCUT2D eigenvalue weighted by Crippen LogP contribution is 2.29. The zero-order chi connectivity index (χ0) is 13.6. The number of hydrogen-bond donors (Lipinski definition) is 1. The fraction of sp³-hybridized carbons (Fsp3) is 0.0714. The number of aryl methyl sites for hydroxylation is 1. The summed E-state index contributed by atoms with van der Waals surface area (Å²) >= 11 is 0. The number of nitrogens with two attached hydrogens (primary N) is 1. The Hall–Kier alpha value is -2.43. The molecule has 1 aromatic carbocycles. The van der Waals surface area contributed by atoms with Gasteiger partial charge in [-0.1, -0.05) is 6.07 Å². The minimum atomic E-state index is -0.674. The molecule has 3 nitrogen and oxygen atoms in total. The summed E-state index contributed by atoms with van der Waals surface area (Å²) in [5.74, 6) is -0.963. The second kappa shape index (κ2) is 4.05. The van der Waals surface area contributed by atoms with Gasteiger partial charge in [0.1, 0.15) is 28.8 Å². The van der Waals surface area contributed by atoms with Crippen molar-refractivity contribution < 1.29 is 8.78 Å². The summed E-state index contributed by atoms with van der Waals surface area (Å²) < 4.78 is 28.4. The van der Waals surface area contributed by atoms with Gasteiger partial charge in [-0.2, -0.15) is 0 Å². The maximum Gasteiger partial charge on any atom is 0.139 e. The van der Waals surface area contributed by atoms with Crippen LogP contribution in [0.3, 0.4) is 0 Å². The van der Waals surface area contributed by atoms with Crippen LogP contribution in [-0.2, 0) is 0 Å². The molecule has 3 aromatic rings. The molecule has 2 N–H and O–H groups in total. The molecule has 0 saturated carbocycles. The van der Waals surface area contributed by atoms with E-state index >= 15 is 0 Å². The monoisotopic (exact) mass is 259 g/mol. The van der Waals surface area contributed by atoms with Gasteiger partial charge in [0.25, 0.3) is 0 Å². The van der Waals surface area contributed by atoms with Gasteiger partial charge >= 0.3 is 0 Å². The van der Waals surface area contributed by atoms with Crippen LogP contribution in [0.4, 0.5) is 14.6 Å². The van der Waals surface area contributed by atoms with Crippen LogP contribution in [0.5, 0.6) is 0 Å². The second-order valence-electron chi connectivity index (χ2n) is 4.40. The summed E-state index contributed by atoms with van der Waals surface area (Å²) in [4.78, 5) is 4.29. The Morgan fingerprint density at radius 3 is 2.68 bits per heavy atom. The van der Waals surface area contributed by atoms with Gasteiger partial charge in [0.2, 0.25) is 0 Å². The molecule has 5 heteroatoms. The Morgan fingerprint density at radius 1 is 1.16 bits per heavy atom. The molecule has 0 spiro atoms. The molecular weight excluding hydrogens is 248 g/mol. The Balaban J connectivity index is 2.28. The number of aromatic nitrogens is 2. The number of nitrogen functional groups attached to an aromatic ring is 1. The number of rotatable bonds is 1. The van der Waals surface area contributed by atoms with Crippen molar-refractivity contribution in [2.45, 2.75) is 6.92 Å². The fourth-order valence-corrected chi connectivity index (χ4v) is 2.05. The first-order valence-electron chi connectivity index (χ1n) is 5.76. The van der Waals surface area contributed by atoms with Gasteiger partial charge < -0.3 is 5.73 Å². The van der Waals surface area contributed by atoms with Crippen molar-refractivity contribution in [3.8, 4) is 11.3 Å². The molecule has 0 unspecified atom stereocenters. The molecule has 0 aliphatic heterocycles. The number of pyridine rings is 1. The van der Waals surface area contributed by atoms with E-state index < -0.39 is 11.6 Å². The summed E-state index contributed by atoms with van der Waals surface area (Å²) in [5, 5.41) is 0. The lowest BCUT2D eigenvalue weighted by Crippen LogP contribution is -1.95. The van der Waals surface area contributed by atoms with Crippen LogP contribution in [0.25, 0.3) is 16.9 Å². The smallest absolute Gasteiger partial charge is 0.139 e. The fourth-order valence-electron chi connectivity index (χ4n) is 2.05. The van der Waals surface area contributed by atoms with E-state index in [1.807, 2.05) is 19.2 Å². The highest BCUT2D eigenvalue weighted by atomic mass is 19.1. The van der Waals surface area contributed by atoms with Crippen molar-refractivity contribution in [3.05, 3.63) is 53.7 Å². The third kappa shape index (κ3) is 1.83. The SMILES string of the molecule is Cc1ccc2nc(-c3ccc(F)cc3F)c(N)n2c1. The zero-order valence-corrected chi connectivity index (χ0v) is 10.2. The highest BCUT2D eigenvalue weighted by Gasteiger charge is 2.15. The first-order chi connectivity index (χ1) is 9.06. The molecule has 96 valence electrons. The number of hydrogen-bond acceptors (Lipinski definition) is 2. The molecular formula is C14H11F2N3. The largest absolute Gasteiger partial charge is 0.383 e. The van der Waals surface area contributed by atoms with E-state index in [2.05, 4.69) is 4.98 Å². The lowest BCUT2D eigenvalue weighted by Gasteiger charge is -2.01. The Bertz CT molecular complexity index is 778. The predicted molar refractivity (Wildman–Crippen MR) is 69.7 cm³/mol. The lowest BCUT2D eigenvalue weighted by molar-refractivity contribution is 0.585. The summed E-state index contributed by atoms with van der Waals surface area (Å²) in [6.45, 7) is 1.93. The summed E-state index contributed by atoms with van der Waals surface area (Å²) in [7, 11) is 0. The van der Waals surface area contributed by atoms with Crippen molar-refractivity contribution in [1.82, 2.24) is 9.38 Å². The molecule has 0 atom stereocenters. The van der Waals surface area contributed by atoms with Gasteiger partial charge in [-0.15, -0.1) is 0 Å². The lowest BCUT2D eigenvalue weighted by atomic mass is 10.1. The van der Waals surface area contributed by atoms with Crippen LogP contribution in [-0.4, -0.2) is 9.38 Å². The quantitative estimate of drug-likeness (QED) is 0.729. The van der Waals surface area contributed by atoms with Gasteiger partial charge in [-0.05, 0) is 30.7 Å². The number of halogens is 2. The predicted octanol–water partition coefficient (Wildman–Crippen LogP) is 3.17. The van der Waals surface area contributed by atoms with Gasteiger partial charge in [0.05, 0.1) is 0 Å². The van der Waals surface area contributed by atoms with E-state index in [9.17, 15) is 8.78 Å². The minimum Gasteiger partial charge on any atom is -0.383 e. The number of anilines is 1. The Morgan fingerprint density at radius 2 is 1.95 bits per heavy atom. The molecule has 0 radical (unpaired) electrons. The van der Waals surface area contributed by atoms with Gasteiger partial charge in [0, 0.05) is 17.8 Å². The maximum atomic E-state index is 13.8. The van der Waals surface area contributed by atoms with Gasteiger partial charge in [0.15, 0.2) is 0 Å². The molecule has 19 heavy (non-hydrogen) atoms. The molecule has 0 bridgehead atoms. The number of fused-ring (bicyclic) bond motifs is 1. The van der Waals surface area contributed by atoms with Crippen LogP contribution >= 0.6 is 0 Å². The molecule has 3 rings (SSSR count). The van der Waals surface area contributed by atoms with E-state index in [4.69, 9.17) is 5.73 Å². The van der Waals surface area contributed by atoms with Crippen LogP contribution in [0, 0.1) is 18.6 Å². The first kappa shape index (κ1) is 11.6. The average molecular weight is 259 g/mol. The first-order valence-corrected chi connectivity index (χ1v) is 5.76. The standard InChI is InChI=1S/C14H11F2N3/c1-8-2-5-12-18-13(14(17)19(12)7-8)10-4-3-9(15)6-11(10)16/h2-7H,17H2,1H3. The Kier molecular flexibility index (Phi) is 2.48. The maximum absolute atomic E-state index is 13.8. The van der Waals surface area contributed by atoms with Crippen LogP contribution in [0.2, 0.25) is 0 Å². The van der Waals surface area contributed by atoms with E-state index in [0.29, 0.717) is 17.2 Å². The van der Waals surface area contributed by atoms with E-state index in [1.54, 1.807) is 10.5 Å². The molecule has 2 heterocycles. The van der Waals surface area contributed by atoms with Crippen molar-refractivity contribution in [2.75, 3.05) is 5.73 Å². The minimum absolute atomic E-state index is 0.195. The number of nitrogens with zero attached hydrogens (tertiary/aromatic N) is 2. The normalized spacial score (nSPS) is 11.1. The van der Waals surface area contributed by atoms with E-state index in [0.717, 1.165) is 11.6 Å². The third-order valence-electron chi connectivity index (χ3n) is 2.99. The van der Waals surface area contributed by atoms with Gasteiger partial charge in [-0.25, -0.2) is 13.8 Å². The Labute approximate surface area is 108 Å². The second-order valence-corrected chi connectivity index (χ2v) is 4.40. The van der Waals surface area contributed by atoms with Crippen molar-refractivity contribution >= 4 is 11.5 Å². The molecule has 0 aliphatic carbocycles. The van der Waals surface area contributed by atoms with Crippen molar-refractivity contribution in [2.24, 2.45) is 0 Å². The molecule has 0 amide bonds. The topological polar surface area (TPSA) is 43.3 Å². The van der Waals surface area contributed by atoms with Crippen molar-refractivity contribution in [3.63, 3.8) is 0 Å². The number of benzene rings is 1. The highest BCUT2D eigenvalue weighted by molar-refractivity contribution is 5.75. The van der Waals surface area contributed by atoms with Crippen LogP contribution < -0.4 is 5.73 Å². The zero-order valence-electron chi connectivity index (χ0n) is 10.2.